The predicted molar refractivity (Wildman–Crippen MR) is 70.4 cm³/mol. The lowest BCUT2D eigenvalue weighted by molar-refractivity contribution is 0.403. The first-order valence-electron chi connectivity index (χ1n) is 5.41. The van der Waals surface area contributed by atoms with Gasteiger partial charge in [-0.15, -0.1) is 0 Å². The molecule has 7 heteroatoms. The number of nitrogen functional groups attached to an aromatic ring is 1. The highest BCUT2D eigenvalue weighted by Gasteiger charge is 2.19. The van der Waals surface area contributed by atoms with Gasteiger partial charge in [0.1, 0.15) is 11.4 Å². The van der Waals surface area contributed by atoms with Crippen LogP contribution in [-0.4, -0.2) is 15.6 Å². The van der Waals surface area contributed by atoms with Crippen LogP contribution in [0.4, 0.5) is 4.39 Å². The number of nitrogens with zero attached hydrogens (tertiary/aromatic N) is 2. The highest BCUT2D eigenvalue weighted by Crippen LogP contribution is 2.31. The Morgan fingerprint density at radius 2 is 2.21 bits per heavy atom. The van der Waals surface area contributed by atoms with Gasteiger partial charge in [-0.1, -0.05) is 17.7 Å². The van der Waals surface area contributed by atoms with Gasteiger partial charge in [0.2, 0.25) is 5.88 Å². The van der Waals surface area contributed by atoms with Crippen molar-refractivity contribution < 1.29 is 9.13 Å². The van der Waals surface area contributed by atoms with Crippen LogP contribution in [-0.2, 0) is 7.05 Å². The zero-order chi connectivity index (χ0) is 14.2. The number of ether oxygens (including phenoxy) is 1. The lowest BCUT2D eigenvalue weighted by Crippen LogP contribution is -2.13. The fourth-order valence-electron chi connectivity index (χ4n) is 1.73. The summed E-state index contributed by atoms with van der Waals surface area (Å²) in [5, 5.41) is 11.6. The molecule has 0 aliphatic rings. The number of rotatable bonds is 3. The number of amidine groups is 1. The Morgan fingerprint density at radius 1 is 1.53 bits per heavy atom. The van der Waals surface area contributed by atoms with Crippen LogP contribution in [0, 0.1) is 18.2 Å². The predicted octanol–water partition coefficient (Wildman–Crippen LogP) is 2.60. The van der Waals surface area contributed by atoms with E-state index in [0.717, 1.165) is 0 Å². The SMILES string of the molecule is Cc1nn(C)c(Oc2cccc(Cl)c2F)c1C(=N)N. The van der Waals surface area contributed by atoms with E-state index in [9.17, 15) is 4.39 Å². The van der Waals surface area contributed by atoms with Crippen molar-refractivity contribution in [1.29, 1.82) is 5.41 Å². The monoisotopic (exact) mass is 282 g/mol. The number of hydrogen-bond donors (Lipinski definition) is 2. The first-order valence-corrected chi connectivity index (χ1v) is 5.79. The van der Waals surface area contributed by atoms with Gasteiger partial charge in [0.25, 0.3) is 0 Å². The van der Waals surface area contributed by atoms with E-state index in [4.69, 9.17) is 27.5 Å². The molecule has 0 spiro atoms. The first-order chi connectivity index (χ1) is 8.91. The van der Waals surface area contributed by atoms with Crippen LogP contribution in [0.3, 0.4) is 0 Å². The van der Waals surface area contributed by atoms with Crippen molar-refractivity contribution in [2.24, 2.45) is 12.8 Å². The molecule has 0 saturated heterocycles. The molecule has 0 aliphatic carbocycles. The molecule has 1 aromatic heterocycles. The topological polar surface area (TPSA) is 76.9 Å². The standard InChI is InChI=1S/C12H12ClFN4O/c1-6-9(11(15)16)12(18(2)17-6)19-8-5-3-4-7(13)10(8)14/h3-5H,1-2H3,(H3,15,16). The molecule has 2 aromatic rings. The molecule has 0 aliphatic heterocycles. The van der Waals surface area contributed by atoms with Crippen molar-refractivity contribution >= 4 is 17.4 Å². The average Bonchev–Trinajstić information content (AvgIpc) is 2.60. The van der Waals surface area contributed by atoms with Gasteiger partial charge in [0.05, 0.1) is 10.7 Å². The van der Waals surface area contributed by atoms with Gasteiger partial charge in [-0.2, -0.15) is 5.10 Å². The third-order valence-electron chi connectivity index (χ3n) is 2.56. The minimum atomic E-state index is -0.669. The second-order valence-corrected chi connectivity index (χ2v) is 4.36. The summed E-state index contributed by atoms with van der Waals surface area (Å²) in [6, 6.07) is 4.43. The number of aromatic nitrogens is 2. The summed E-state index contributed by atoms with van der Waals surface area (Å²) in [4.78, 5) is 0. The molecule has 2 rings (SSSR count). The molecule has 0 amide bonds. The molecular weight excluding hydrogens is 271 g/mol. The number of halogens is 2. The maximum Gasteiger partial charge on any atom is 0.229 e. The molecule has 100 valence electrons. The maximum atomic E-state index is 13.8. The van der Waals surface area contributed by atoms with Gasteiger partial charge < -0.3 is 10.5 Å². The third-order valence-corrected chi connectivity index (χ3v) is 2.85. The van der Waals surface area contributed by atoms with Crippen molar-refractivity contribution in [1.82, 2.24) is 9.78 Å². The molecule has 1 aromatic carbocycles. The Morgan fingerprint density at radius 3 is 2.84 bits per heavy atom. The van der Waals surface area contributed by atoms with Crippen LogP contribution in [0.1, 0.15) is 11.3 Å². The van der Waals surface area contributed by atoms with Crippen molar-refractivity contribution in [3.63, 3.8) is 0 Å². The highest BCUT2D eigenvalue weighted by molar-refractivity contribution is 6.30. The zero-order valence-corrected chi connectivity index (χ0v) is 11.1. The highest BCUT2D eigenvalue weighted by atomic mass is 35.5. The fraction of sp³-hybridized carbons (Fsp3) is 0.167. The summed E-state index contributed by atoms with van der Waals surface area (Å²) in [7, 11) is 1.62. The minimum absolute atomic E-state index is 0.0410. The summed E-state index contributed by atoms with van der Waals surface area (Å²) in [5.41, 5.74) is 6.35. The van der Waals surface area contributed by atoms with Crippen LogP contribution in [0.15, 0.2) is 18.2 Å². The summed E-state index contributed by atoms with van der Waals surface area (Å²) in [5.74, 6) is -0.704. The number of aryl methyl sites for hydroxylation is 2. The number of nitrogens with one attached hydrogen (secondary N) is 1. The number of hydrogen-bond acceptors (Lipinski definition) is 3. The van der Waals surface area contributed by atoms with Gasteiger partial charge in [-0.25, -0.2) is 9.07 Å². The van der Waals surface area contributed by atoms with Crippen LogP contribution in [0.5, 0.6) is 11.6 Å². The Kier molecular flexibility index (Phi) is 3.44. The summed E-state index contributed by atoms with van der Waals surface area (Å²) in [6.45, 7) is 1.69. The van der Waals surface area contributed by atoms with E-state index in [1.54, 1.807) is 20.0 Å². The molecule has 0 unspecified atom stereocenters. The second-order valence-electron chi connectivity index (χ2n) is 3.96. The summed E-state index contributed by atoms with van der Waals surface area (Å²) >= 11 is 5.68. The average molecular weight is 283 g/mol. The molecule has 0 atom stereocenters. The van der Waals surface area contributed by atoms with Crippen LogP contribution >= 0.6 is 11.6 Å². The molecule has 5 nitrogen and oxygen atoms in total. The Balaban J connectivity index is 2.49. The molecule has 0 radical (unpaired) electrons. The molecule has 0 saturated carbocycles. The van der Waals surface area contributed by atoms with Gasteiger partial charge >= 0.3 is 0 Å². The first kappa shape index (κ1) is 13.4. The second kappa shape index (κ2) is 4.89. The lowest BCUT2D eigenvalue weighted by Gasteiger charge is -2.09. The molecule has 0 bridgehead atoms. The van der Waals surface area contributed by atoms with E-state index >= 15 is 0 Å². The quantitative estimate of drug-likeness (QED) is 0.671. The van der Waals surface area contributed by atoms with Gasteiger partial charge in [0.15, 0.2) is 11.6 Å². The molecule has 19 heavy (non-hydrogen) atoms. The van der Waals surface area contributed by atoms with Crippen LogP contribution in [0.2, 0.25) is 5.02 Å². The van der Waals surface area contributed by atoms with E-state index in [0.29, 0.717) is 11.3 Å². The number of nitrogens with two attached hydrogens (primary N) is 1. The Bertz CT molecular complexity index is 653. The van der Waals surface area contributed by atoms with Gasteiger partial charge in [0, 0.05) is 7.05 Å². The normalized spacial score (nSPS) is 10.5. The van der Waals surface area contributed by atoms with Gasteiger partial charge in [-0.05, 0) is 19.1 Å². The zero-order valence-electron chi connectivity index (χ0n) is 10.4. The van der Waals surface area contributed by atoms with Crippen molar-refractivity contribution in [2.45, 2.75) is 6.92 Å². The van der Waals surface area contributed by atoms with Crippen LogP contribution < -0.4 is 10.5 Å². The fourth-order valence-corrected chi connectivity index (χ4v) is 1.90. The lowest BCUT2D eigenvalue weighted by atomic mass is 10.2. The van der Waals surface area contributed by atoms with Crippen molar-refractivity contribution in [2.75, 3.05) is 0 Å². The van der Waals surface area contributed by atoms with Gasteiger partial charge in [-0.3, -0.25) is 5.41 Å². The molecule has 3 N–H and O–H groups in total. The van der Waals surface area contributed by atoms with Crippen molar-refractivity contribution in [3.8, 4) is 11.6 Å². The third kappa shape index (κ3) is 2.39. The molecular formula is C12H12ClFN4O. The van der Waals surface area contributed by atoms with E-state index in [1.165, 1.54) is 16.8 Å². The summed E-state index contributed by atoms with van der Waals surface area (Å²) < 4.78 is 20.6. The van der Waals surface area contributed by atoms with E-state index in [1.807, 2.05) is 0 Å². The van der Waals surface area contributed by atoms with E-state index in [2.05, 4.69) is 5.10 Å². The van der Waals surface area contributed by atoms with Crippen molar-refractivity contribution in [3.05, 3.63) is 40.3 Å². The van der Waals surface area contributed by atoms with E-state index < -0.39 is 5.82 Å². The smallest absolute Gasteiger partial charge is 0.229 e. The Labute approximate surface area is 114 Å². The maximum absolute atomic E-state index is 13.8. The minimum Gasteiger partial charge on any atom is -0.435 e. The largest absolute Gasteiger partial charge is 0.435 e. The molecule has 1 heterocycles. The Hall–Kier alpha value is -2.08. The summed E-state index contributed by atoms with van der Waals surface area (Å²) in [6.07, 6.45) is 0. The van der Waals surface area contributed by atoms with Crippen LogP contribution in [0.25, 0.3) is 0 Å². The number of benzene rings is 1. The molecule has 0 fully saturated rings. The van der Waals surface area contributed by atoms with E-state index in [-0.39, 0.29) is 22.5 Å².